The molecule has 5 nitrogen and oxygen atoms in total. The number of hydrogen-bond donors (Lipinski definition) is 0. The molecule has 0 aliphatic carbocycles. The van der Waals surface area contributed by atoms with Gasteiger partial charge in [-0.3, -0.25) is 0 Å². The summed E-state index contributed by atoms with van der Waals surface area (Å²) in [6, 6.07) is 12.4. The molecule has 0 spiro atoms. The third-order valence-electron chi connectivity index (χ3n) is 4.49. The van der Waals surface area contributed by atoms with Crippen LogP contribution in [0.5, 0.6) is 11.5 Å². The normalized spacial score (nSPS) is 13.7. The lowest BCUT2D eigenvalue weighted by Crippen LogP contribution is -2.25. The fraction of sp³-hybridized carbons (Fsp3) is 0.263. The maximum Gasteiger partial charge on any atom is 0.162 e. The number of nitrogens with zero attached hydrogens (tertiary/aromatic N) is 3. The van der Waals surface area contributed by atoms with Crippen molar-refractivity contribution in [3.05, 3.63) is 48.3 Å². The number of rotatable bonds is 3. The van der Waals surface area contributed by atoms with Gasteiger partial charge in [-0.25, -0.2) is 9.97 Å². The average molecular weight is 321 g/mol. The lowest BCUT2D eigenvalue weighted by Gasteiger charge is -2.31. The third-order valence-corrected chi connectivity index (χ3v) is 4.49. The van der Waals surface area contributed by atoms with Gasteiger partial charge in [0.25, 0.3) is 0 Å². The predicted molar refractivity (Wildman–Crippen MR) is 94.4 cm³/mol. The molecule has 0 unspecified atom stereocenters. The quantitative estimate of drug-likeness (QED) is 0.735. The second-order valence-corrected chi connectivity index (χ2v) is 5.81. The Balaban J connectivity index is 1.92. The van der Waals surface area contributed by atoms with E-state index in [-0.39, 0.29) is 0 Å². The molecular weight excluding hydrogens is 302 g/mol. The van der Waals surface area contributed by atoms with Gasteiger partial charge in [0, 0.05) is 23.7 Å². The van der Waals surface area contributed by atoms with E-state index in [1.54, 1.807) is 20.5 Å². The lowest BCUT2D eigenvalue weighted by molar-refractivity contribution is 0.356. The second kappa shape index (κ2) is 6.00. The first-order valence-corrected chi connectivity index (χ1v) is 8.04. The van der Waals surface area contributed by atoms with Gasteiger partial charge >= 0.3 is 0 Å². The van der Waals surface area contributed by atoms with Crippen LogP contribution in [-0.4, -0.2) is 30.7 Å². The first kappa shape index (κ1) is 14.8. The summed E-state index contributed by atoms with van der Waals surface area (Å²) < 4.78 is 10.8. The van der Waals surface area contributed by atoms with Gasteiger partial charge < -0.3 is 14.4 Å². The van der Waals surface area contributed by atoms with E-state index in [0.717, 1.165) is 36.1 Å². The largest absolute Gasteiger partial charge is 0.493 e. The molecule has 1 aliphatic heterocycles. The molecule has 4 rings (SSSR count). The van der Waals surface area contributed by atoms with Gasteiger partial charge in [-0.05, 0) is 30.5 Å². The summed E-state index contributed by atoms with van der Waals surface area (Å²) in [5.41, 5.74) is 3.43. The molecule has 2 heterocycles. The molecule has 0 bridgehead atoms. The van der Waals surface area contributed by atoms with E-state index < -0.39 is 0 Å². The first-order valence-electron chi connectivity index (χ1n) is 8.04. The molecule has 3 aromatic rings. The van der Waals surface area contributed by atoms with Crippen LogP contribution in [0.25, 0.3) is 10.9 Å². The van der Waals surface area contributed by atoms with Crippen LogP contribution in [-0.2, 0) is 6.42 Å². The van der Waals surface area contributed by atoms with Crippen molar-refractivity contribution in [1.29, 1.82) is 0 Å². The summed E-state index contributed by atoms with van der Waals surface area (Å²) in [7, 11) is 3.27. The standard InChI is InChI=1S/C19H19N3O2/c1-23-17-10-14-15(11-18(17)24-2)20-12-21-19(14)22-9-5-7-13-6-3-4-8-16(13)22/h3-4,6,8,10-12H,5,7,9H2,1-2H3. The van der Waals surface area contributed by atoms with E-state index in [9.17, 15) is 0 Å². The van der Waals surface area contributed by atoms with Crippen molar-refractivity contribution in [2.75, 3.05) is 25.7 Å². The van der Waals surface area contributed by atoms with Crippen LogP contribution in [0.2, 0.25) is 0 Å². The van der Waals surface area contributed by atoms with Crippen LogP contribution in [0.15, 0.2) is 42.7 Å². The molecule has 0 fully saturated rings. The number of methoxy groups -OCH3 is 2. The molecule has 122 valence electrons. The van der Waals surface area contributed by atoms with Gasteiger partial charge in [-0.2, -0.15) is 0 Å². The van der Waals surface area contributed by atoms with Gasteiger partial charge in [0.05, 0.1) is 19.7 Å². The Kier molecular flexibility index (Phi) is 3.69. The third kappa shape index (κ3) is 2.33. The zero-order valence-electron chi connectivity index (χ0n) is 13.8. The number of ether oxygens (including phenoxy) is 2. The summed E-state index contributed by atoms with van der Waals surface area (Å²) in [5.74, 6) is 2.27. The monoisotopic (exact) mass is 321 g/mol. The van der Waals surface area contributed by atoms with Crippen LogP contribution in [0.4, 0.5) is 11.5 Å². The molecule has 0 saturated heterocycles. The Morgan fingerprint density at radius 2 is 1.79 bits per heavy atom. The Morgan fingerprint density at radius 1 is 1.00 bits per heavy atom. The molecule has 2 aromatic carbocycles. The van der Waals surface area contributed by atoms with Crippen LogP contribution in [0.3, 0.4) is 0 Å². The molecule has 1 aromatic heterocycles. The number of aromatic nitrogens is 2. The van der Waals surface area contributed by atoms with Gasteiger partial charge in [0.2, 0.25) is 0 Å². The smallest absolute Gasteiger partial charge is 0.162 e. The van der Waals surface area contributed by atoms with Crippen molar-refractivity contribution in [3.8, 4) is 11.5 Å². The Morgan fingerprint density at radius 3 is 2.62 bits per heavy atom. The number of aryl methyl sites for hydroxylation is 1. The number of fused-ring (bicyclic) bond motifs is 2. The van der Waals surface area contributed by atoms with E-state index in [4.69, 9.17) is 9.47 Å². The molecule has 24 heavy (non-hydrogen) atoms. The van der Waals surface area contributed by atoms with E-state index in [2.05, 4.69) is 39.1 Å². The van der Waals surface area contributed by atoms with Crippen LogP contribution >= 0.6 is 0 Å². The van der Waals surface area contributed by atoms with Gasteiger partial charge in [-0.15, -0.1) is 0 Å². The van der Waals surface area contributed by atoms with Crippen LogP contribution in [0.1, 0.15) is 12.0 Å². The lowest BCUT2D eigenvalue weighted by atomic mass is 10.0. The number of anilines is 2. The summed E-state index contributed by atoms with van der Waals surface area (Å²) in [5, 5.41) is 0.965. The minimum Gasteiger partial charge on any atom is -0.493 e. The molecule has 0 saturated carbocycles. The SMILES string of the molecule is COc1cc2ncnc(N3CCCc4ccccc43)c2cc1OC. The Hall–Kier alpha value is -2.82. The molecule has 0 atom stereocenters. The van der Waals surface area contributed by atoms with Crippen LogP contribution in [0, 0.1) is 0 Å². The minimum absolute atomic E-state index is 0.675. The van der Waals surface area contributed by atoms with Gasteiger partial charge in [-0.1, -0.05) is 18.2 Å². The fourth-order valence-electron chi connectivity index (χ4n) is 3.34. The summed E-state index contributed by atoms with van der Waals surface area (Å²) in [4.78, 5) is 11.3. The van der Waals surface area contributed by atoms with Gasteiger partial charge in [0.1, 0.15) is 12.1 Å². The zero-order chi connectivity index (χ0) is 16.5. The van der Waals surface area contributed by atoms with Crippen molar-refractivity contribution in [3.63, 3.8) is 0 Å². The molecule has 0 N–H and O–H groups in total. The highest BCUT2D eigenvalue weighted by Gasteiger charge is 2.21. The molecule has 0 amide bonds. The number of para-hydroxylation sites is 1. The number of benzene rings is 2. The number of hydrogen-bond acceptors (Lipinski definition) is 5. The van der Waals surface area contributed by atoms with Crippen LogP contribution < -0.4 is 14.4 Å². The van der Waals surface area contributed by atoms with Crippen molar-refractivity contribution < 1.29 is 9.47 Å². The van der Waals surface area contributed by atoms with E-state index in [1.165, 1.54) is 11.3 Å². The van der Waals surface area contributed by atoms with Gasteiger partial charge in [0.15, 0.2) is 11.5 Å². The fourth-order valence-corrected chi connectivity index (χ4v) is 3.34. The summed E-state index contributed by atoms with van der Waals surface area (Å²) >= 11 is 0. The van der Waals surface area contributed by atoms with E-state index in [1.807, 2.05) is 12.1 Å². The average Bonchev–Trinajstić information content (AvgIpc) is 2.66. The van der Waals surface area contributed by atoms with Crippen molar-refractivity contribution >= 4 is 22.4 Å². The minimum atomic E-state index is 0.675. The van der Waals surface area contributed by atoms with E-state index in [0.29, 0.717) is 11.5 Å². The van der Waals surface area contributed by atoms with Crippen molar-refractivity contribution in [2.45, 2.75) is 12.8 Å². The molecule has 5 heteroatoms. The van der Waals surface area contributed by atoms with Crippen molar-refractivity contribution in [1.82, 2.24) is 9.97 Å². The first-order chi connectivity index (χ1) is 11.8. The summed E-state index contributed by atoms with van der Waals surface area (Å²) in [6.45, 7) is 0.942. The topological polar surface area (TPSA) is 47.5 Å². The molecular formula is C19H19N3O2. The second-order valence-electron chi connectivity index (χ2n) is 5.81. The van der Waals surface area contributed by atoms with Crippen molar-refractivity contribution in [2.24, 2.45) is 0 Å². The highest BCUT2D eigenvalue weighted by Crippen LogP contribution is 2.39. The predicted octanol–water partition coefficient (Wildman–Crippen LogP) is 3.73. The highest BCUT2D eigenvalue weighted by atomic mass is 16.5. The zero-order valence-corrected chi connectivity index (χ0v) is 13.8. The Bertz CT molecular complexity index is 895. The highest BCUT2D eigenvalue weighted by molar-refractivity contribution is 5.94. The maximum absolute atomic E-state index is 5.46. The summed E-state index contributed by atoms with van der Waals surface area (Å²) in [6.07, 6.45) is 3.82. The van der Waals surface area contributed by atoms with E-state index >= 15 is 0 Å². The molecule has 0 radical (unpaired) electrons. The maximum atomic E-state index is 5.46. The Labute approximate surface area is 140 Å². The molecule has 1 aliphatic rings.